The van der Waals surface area contributed by atoms with Gasteiger partial charge in [-0.25, -0.2) is 5.43 Å². The zero-order valence-electron chi connectivity index (χ0n) is 13.4. The van der Waals surface area contributed by atoms with Crippen molar-refractivity contribution in [2.24, 2.45) is 5.10 Å². The molecule has 0 aliphatic heterocycles. The summed E-state index contributed by atoms with van der Waals surface area (Å²) in [4.78, 5) is 23.0. The van der Waals surface area contributed by atoms with Gasteiger partial charge in [0.2, 0.25) is 0 Å². The fourth-order valence-corrected chi connectivity index (χ4v) is 2.11. The summed E-state index contributed by atoms with van der Waals surface area (Å²) in [5.74, 6) is -2.56. The molecule has 2 rings (SSSR count). The second kappa shape index (κ2) is 8.01. The first-order valence-electron chi connectivity index (χ1n) is 7.25. The molecule has 0 radical (unpaired) electrons. The Kier molecular flexibility index (Phi) is 5.99. The van der Waals surface area contributed by atoms with Crippen LogP contribution in [0.4, 0.5) is 18.9 Å². The van der Waals surface area contributed by atoms with Gasteiger partial charge >= 0.3 is 12.1 Å². The van der Waals surface area contributed by atoms with E-state index in [2.05, 4.69) is 10.5 Å². The largest absolute Gasteiger partial charge is 0.471 e. The fraction of sp³-hybridized carbons (Fsp3) is 0.118. The van der Waals surface area contributed by atoms with Crippen molar-refractivity contribution < 1.29 is 22.8 Å². The predicted octanol–water partition coefficient (Wildman–Crippen LogP) is 3.99. The molecule has 0 aromatic heterocycles. The van der Waals surface area contributed by atoms with E-state index in [1.807, 2.05) is 0 Å². The van der Waals surface area contributed by atoms with Crippen LogP contribution in [0, 0.1) is 0 Å². The number of carbonyl (C=O) groups excluding carboxylic acids is 2. The van der Waals surface area contributed by atoms with Crippen molar-refractivity contribution in [3.8, 4) is 0 Å². The predicted molar refractivity (Wildman–Crippen MR) is 92.3 cm³/mol. The van der Waals surface area contributed by atoms with Crippen molar-refractivity contribution in [2.45, 2.75) is 13.1 Å². The van der Waals surface area contributed by atoms with E-state index in [1.165, 1.54) is 24.3 Å². The number of anilines is 1. The molecule has 2 N–H and O–H groups in total. The van der Waals surface area contributed by atoms with E-state index in [0.29, 0.717) is 21.9 Å². The second-order valence-electron chi connectivity index (χ2n) is 5.18. The Labute approximate surface area is 151 Å². The van der Waals surface area contributed by atoms with Crippen LogP contribution in [-0.4, -0.2) is 23.7 Å². The summed E-state index contributed by atoms with van der Waals surface area (Å²) in [7, 11) is 0. The lowest BCUT2D eigenvalue weighted by molar-refractivity contribution is -0.167. The number of benzene rings is 2. The van der Waals surface area contributed by atoms with Crippen LogP contribution in [0.25, 0.3) is 0 Å². The van der Waals surface area contributed by atoms with Crippen LogP contribution in [0.15, 0.2) is 53.6 Å². The highest BCUT2D eigenvalue weighted by atomic mass is 35.5. The van der Waals surface area contributed by atoms with Crippen molar-refractivity contribution in [2.75, 3.05) is 5.32 Å². The lowest BCUT2D eigenvalue weighted by Crippen LogP contribution is -2.29. The molecule has 2 aromatic rings. The third kappa shape index (κ3) is 5.32. The fourth-order valence-electron chi connectivity index (χ4n) is 1.92. The van der Waals surface area contributed by atoms with Crippen LogP contribution in [0.3, 0.4) is 0 Å². The molecule has 136 valence electrons. The molecule has 5 nitrogen and oxygen atoms in total. The van der Waals surface area contributed by atoms with Gasteiger partial charge < -0.3 is 5.32 Å². The summed E-state index contributed by atoms with van der Waals surface area (Å²) in [5, 5.41) is 6.06. The zero-order valence-corrected chi connectivity index (χ0v) is 14.2. The number of hydrazone groups is 1. The molecule has 0 aliphatic rings. The van der Waals surface area contributed by atoms with E-state index in [0.717, 1.165) is 0 Å². The number of alkyl halides is 3. The van der Waals surface area contributed by atoms with Gasteiger partial charge in [0.25, 0.3) is 5.91 Å². The van der Waals surface area contributed by atoms with E-state index >= 15 is 0 Å². The molecule has 0 bridgehead atoms. The number of hydrogen-bond donors (Lipinski definition) is 2. The van der Waals surface area contributed by atoms with Gasteiger partial charge in [0.15, 0.2) is 0 Å². The summed E-state index contributed by atoms with van der Waals surface area (Å²) >= 11 is 5.81. The summed E-state index contributed by atoms with van der Waals surface area (Å²) in [6, 6.07) is 11.9. The Morgan fingerprint density at radius 2 is 1.69 bits per heavy atom. The average Bonchev–Trinajstić information content (AvgIpc) is 2.58. The Morgan fingerprint density at radius 1 is 1.04 bits per heavy atom. The molecule has 0 unspecified atom stereocenters. The number of amides is 2. The Hall–Kier alpha value is -2.87. The number of nitrogens with one attached hydrogen (secondary N) is 2. The highest BCUT2D eigenvalue weighted by Gasteiger charge is 2.38. The van der Waals surface area contributed by atoms with Crippen molar-refractivity contribution >= 4 is 34.8 Å². The molecule has 2 amide bonds. The van der Waals surface area contributed by atoms with E-state index in [9.17, 15) is 22.8 Å². The van der Waals surface area contributed by atoms with Gasteiger partial charge in [-0.3, -0.25) is 9.59 Å². The quantitative estimate of drug-likeness (QED) is 0.619. The van der Waals surface area contributed by atoms with Gasteiger partial charge in [0.1, 0.15) is 0 Å². The van der Waals surface area contributed by atoms with Gasteiger partial charge in [0, 0.05) is 16.3 Å². The highest BCUT2D eigenvalue weighted by Crippen LogP contribution is 2.19. The number of hydrogen-bond acceptors (Lipinski definition) is 3. The van der Waals surface area contributed by atoms with E-state index < -0.39 is 18.0 Å². The van der Waals surface area contributed by atoms with Crippen LogP contribution in [0.5, 0.6) is 0 Å². The molecule has 26 heavy (non-hydrogen) atoms. The van der Waals surface area contributed by atoms with E-state index in [1.54, 1.807) is 36.5 Å². The highest BCUT2D eigenvalue weighted by molar-refractivity contribution is 6.31. The molecular formula is C17H13ClF3N3O2. The monoisotopic (exact) mass is 383 g/mol. The standard InChI is InChI=1S/C17H13ClF3N3O2/c1-10(23-24-15(25)12-5-2-6-13(18)8-12)11-4-3-7-14(9-11)22-16(26)17(19,20)21/h2-9H,1H3,(H,22,26)(H,24,25)/b23-10-. The van der Waals surface area contributed by atoms with Crippen LogP contribution in [0.1, 0.15) is 22.8 Å². The molecular weight excluding hydrogens is 371 g/mol. The molecule has 0 saturated carbocycles. The van der Waals surface area contributed by atoms with Crippen molar-refractivity contribution in [3.05, 3.63) is 64.7 Å². The van der Waals surface area contributed by atoms with Gasteiger partial charge in [0.05, 0.1) is 5.71 Å². The van der Waals surface area contributed by atoms with Gasteiger partial charge in [-0.1, -0.05) is 29.8 Å². The molecule has 0 spiro atoms. The van der Waals surface area contributed by atoms with Gasteiger partial charge in [-0.2, -0.15) is 18.3 Å². The summed E-state index contributed by atoms with van der Waals surface area (Å²) < 4.78 is 36.9. The first kappa shape index (κ1) is 19.5. The maximum absolute atomic E-state index is 12.3. The van der Waals surface area contributed by atoms with E-state index in [4.69, 9.17) is 11.6 Å². The van der Waals surface area contributed by atoms with Gasteiger partial charge in [-0.15, -0.1) is 0 Å². The molecule has 2 aromatic carbocycles. The molecule has 9 heteroatoms. The Balaban J connectivity index is 2.10. The molecule has 0 fully saturated rings. The number of nitrogens with zero attached hydrogens (tertiary/aromatic N) is 1. The number of halogens is 4. The van der Waals surface area contributed by atoms with Crippen LogP contribution in [0.2, 0.25) is 5.02 Å². The number of carbonyl (C=O) groups is 2. The van der Waals surface area contributed by atoms with Gasteiger partial charge in [-0.05, 0) is 42.8 Å². The van der Waals surface area contributed by atoms with Crippen molar-refractivity contribution in [1.29, 1.82) is 0 Å². The molecule has 0 aliphatic carbocycles. The van der Waals surface area contributed by atoms with Crippen molar-refractivity contribution in [1.82, 2.24) is 5.43 Å². The maximum atomic E-state index is 12.3. The Morgan fingerprint density at radius 3 is 2.35 bits per heavy atom. The minimum atomic E-state index is -4.98. The SMILES string of the molecule is C/C(=N/NC(=O)c1cccc(Cl)c1)c1cccc(NC(=O)C(F)(F)F)c1. The summed E-state index contributed by atoms with van der Waals surface area (Å²) in [5.41, 5.74) is 3.36. The first-order chi connectivity index (χ1) is 12.2. The minimum Gasteiger partial charge on any atom is -0.318 e. The van der Waals surface area contributed by atoms with Crippen LogP contribution in [-0.2, 0) is 4.79 Å². The summed E-state index contributed by atoms with van der Waals surface area (Å²) in [6.07, 6.45) is -4.98. The van der Waals surface area contributed by atoms with Crippen LogP contribution < -0.4 is 10.7 Å². The lowest BCUT2D eigenvalue weighted by atomic mass is 10.1. The maximum Gasteiger partial charge on any atom is 0.471 e. The normalized spacial score (nSPS) is 11.8. The topological polar surface area (TPSA) is 70.6 Å². The average molecular weight is 384 g/mol. The second-order valence-corrected chi connectivity index (χ2v) is 5.62. The van der Waals surface area contributed by atoms with Crippen LogP contribution >= 0.6 is 11.6 Å². The lowest BCUT2D eigenvalue weighted by Gasteiger charge is -2.09. The molecule has 0 atom stereocenters. The Bertz CT molecular complexity index is 866. The summed E-state index contributed by atoms with van der Waals surface area (Å²) in [6.45, 7) is 1.56. The number of rotatable bonds is 4. The molecule has 0 saturated heterocycles. The molecule has 0 heterocycles. The van der Waals surface area contributed by atoms with Crippen molar-refractivity contribution in [3.63, 3.8) is 0 Å². The third-order valence-electron chi connectivity index (χ3n) is 3.21. The smallest absolute Gasteiger partial charge is 0.318 e. The van der Waals surface area contributed by atoms with E-state index in [-0.39, 0.29) is 5.69 Å². The minimum absolute atomic E-state index is 0.0412. The zero-order chi connectivity index (χ0) is 19.3. The third-order valence-corrected chi connectivity index (χ3v) is 3.44. The first-order valence-corrected chi connectivity index (χ1v) is 7.63.